The number of nitrogens with zero attached hydrogens (tertiary/aromatic N) is 4. The molecular weight excluding hydrogens is 248 g/mol. The maximum Gasteiger partial charge on any atom is 0.0406 e. The van der Waals surface area contributed by atoms with Crippen LogP contribution < -0.4 is 0 Å². The highest BCUT2D eigenvalue weighted by Crippen LogP contribution is 1.98. The molecule has 0 amide bonds. The van der Waals surface area contributed by atoms with Crippen molar-refractivity contribution in [1.82, 2.24) is 0 Å². The molecule has 0 atom stereocenters. The van der Waals surface area contributed by atoms with E-state index in [0.29, 0.717) is 0 Å². The van der Waals surface area contributed by atoms with Crippen LogP contribution in [0.2, 0.25) is 0 Å². The van der Waals surface area contributed by atoms with E-state index in [0.717, 1.165) is 51.9 Å². The quantitative estimate of drug-likeness (QED) is 0.651. The Hall–Kier alpha value is -1.32. The fourth-order valence-corrected chi connectivity index (χ4v) is 2.19. The van der Waals surface area contributed by atoms with Gasteiger partial charge in [-0.1, -0.05) is 0 Å². The van der Waals surface area contributed by atoms with Crippen molar-refractivity contribution >= 4 is 22.8 Å². The lowest BCUT2D eigenvalue weighted by Gasteiger charge is -2.04. The Morgan fingerprint density at radius 3 is 1.00 bits per heavy atom. The molecule has 20 heavy (non-hydrogen) atoms. The predicted molar refractivity (Wildman–Crippen MR) is 90.4 cm³/mol. The molecule has 1 heterocycles. The molecule has 0 aromatic rings. The summed E-state index contributed by atoms with van der Waals surface area (Å²) in [4.78, 5) is 18.3. The molecule has 1 rings (SSSR count). The van der Waals surface area contributed by atoms with E-state index in [1.54, 1.807) is 0 Å². The van der Waals surface area contributed by atoms with Crippen molar-refractivity contribution in [1.29, 1.82) is 0 Å². The zero-order valence-corrected chi connectivity index (χ0v) is 13.4. The Kier molecular flexibility index (Phi) is 8.00. The average Bonchev–Trinajstić information content (AvgIpc) is 2.36. The fourth-order valence-electron chi connectivity index (χ4n) is 2.19. The van der Waals surface area contributed by atoms with Crippen molar-refractivity contribution in [3.05, 3.63) is 0 Å². The lowest BCUT2D eigenvalue weighted by molar-refractivity contribution is 0.834. The van der Waals surface area contributed by atoms with Crippen molar-refractivity contribution in [2.75, 3.05) is 26.2 Å². The third-order valence-electron chi connectivity index (χ3n) is 3.18. The van der Waals surface area contributed by atoms with Gasteiger partial charge in [0.2, 0.25) is 0 Å². The van der Waals surface area contributed by atoms with Crippen LogP contribution in [0, 0.1) is 0 Å². The van der Waals surface area contributed by atoms with Crippen LogP contribution in [0.4, 0.5) is 0 Å². The topological polar surface area (TPSA) is 49.4 Å². The molecule has 0 unspecified atom stereocenters. The first-order valence-corrected chi connectivity index (χ1v) is 7.57. The lowest BCUT2D eigenvalue weighted by atomic mass is 10.2. The SMILES string of the molecule is CC1=NCCCN=C(C)CC(C)=NCCCN=C(C)C1. The fraction of sp³-hybridized carbons (Fsp3) is 0.750. The van der Waals surface area contributed by atoms with Gasteiger partial charge in [-0.2, -0.15) is 0 Å². The second-order valence-electron chi connectivity index (χ2n) is 5.53. The molecule has 0 saturated carbocycles. The first kappa shape index (κ1) is 16.7. The zero-order chi connectivity index (χ0) is 14.8. The second kappa shape index (κ2) is 9.56. The Labute approximate surface area is 123 Å². The van der Waals surface area contributed by atoms with E-state index in [1.165, 1.54) is 22.8 Å². The third kappa shape index (κ3) is 7.97. The van der Waals surface area contributed by atoms with Gasteiger partial charge in [-0.25, -0.2) is 0 Å². The molecule has 0 radical (unpaired) electrons. The van der Waals surface area contributed by atoms with Gasteiger partial charge in [0.05, 0.1) is 0 Å². The van der Waals surface area contributed by atoms with Crippen LogP contribution >= 0.6 is 0 Å². The third-order valence-corrected chi connectivity index (χ3v) is 3.18. The maximum absolute atomic E-state index is 4.59. The summed E-state index contributed by atoms with van der Waals surface area (Å²) in [6, 6.07) is 0. The molecule has 4 nitrogen and oxygen atoms in total. The minimum Gasteiger partial charge on any atom is -0.294 e. The summed E-state index contributed by atoms with van der Waals surface area (Å²) in [5, 5.41) is 0. The highest BCUT2D eigenvalue weighted by atomic mass is 14.8. The average molecular weight is 276 g/mol. The van der Waals surface area contributed by atoms with Gasteiger partial charge in [0.25, 0.3) is 0 Å². The molecule has 0 aromatic heterocycles. The Bertz CT molecular complexity index is 340. The molecule has 0 N–H and O–H groups in total. The molecule has 0 bridgehead atoms. The zero-order valence-electron chi connectivity index (χ0n) is 13.4. The molecule has 0 aromatic carbocycles. The van der Waals surface area contributed by atoms with E-state index in [1.807, 2.05) is 0 Å². The van der Waals surface area contributed by atoms with Crippen LogP contribution in [0.1, 0.15) is 53.4 Å². The standard InChI is InChI=1S/C16H28N4/c1-13-11-14(2)18-9-6-10-20-16(4)12-15(3)19-8-5-7-17-13/h5-12H2,1-4H3. The van der Waals surface area contributed by atoms with Gasteiger partial charge in [-0.15, -0.1) is 0 Å². The molecule has 1 aliphatic heterocycles. The smallest absolute Gasteiger partial charge is 0.0406 e. The van der Waals surface area contributed by atoms with Crippen LogP contribution in [-0.2, 0) is 0 Å². The number of rotatable bonds is 0. The van der Waals surface area contributed by atoms with Crippen molar-refractivity contribution < 1.29 is 0 Å². The highest BCUT2D eigenvalue weighted by Gasteiger charge is 1.98. The number of hydrogen-bond acceptors (Lipinski definition) is 4. The minimum absolute atomic E-state index is 0.864. The van der Waals surface area contributed by atoms with Gasteiger partial charge in [0, 0.05) is 61.9 Å². The van der Waals surface area contributed by atoms with Crippen molar-refractivity contribution in [2.45, 2.75) is 53.4 Å². The van der Waals surface area contributed by atoms with Crippen molar-refractivity contribution in [3.8, 4) is 0 Å². The first-order valence-electron chi connectivity index (χ1n) is 7.57. The van der Waals surface area contributed by atoms with Crippen molar-refractivity contribution in [2.24, 2.45) is 20.0 Å². The summed E-state index contributed by atoms with van der Waals surface area (Å²) < 4.78 is 0. The van der Waals surface area contributed by atoms with Gasteiger partial charge < -0.3 is 0 Å². The normalized spacial score (nSPS) is 20.6. The predicted octanol–water partition coefficient (Wildman–Crippen LogP) is 3.40. The van der Waals surface area contributed by atoms with Gasteiger partial charge in [0.1, 0.15) is 0 Å². The highest BCUT2D eigenvalue weighted by molar-refractivity contribution is 6.02. The van der Waals surface area contributed by atoms with Gasteiger partial charge in [-0.05, 0) is 40.5 Å². The van der Waals surface area contributed by atoms with Gasteiger partial charge >= 0.3 is 0 Å². The van der Waals surface area contributed by atoms with E-state index in [4.69, 9.17) is 0 Å². The van der Waals surface area contributed by atoms with Crippen LogP contribution in [0.3, 0.4) is 0 Å². The molecule has 0 aliphatic carbocycles. The Morgan fingerprint density at radius 1 is 0.500 bits per heavy atom. The first-order chi connectivity index (χ1) is 9.58. The summed E-state index contributed by atoms with van der Waals surface area (Å²) in [6.07, 6.45) is 3.82. The monoisotopic (exact) mass is 276 g/mol. The lowest BCUT2D eigenvalue weighted by Crippen LogP contribution is -2.06. The van der Waals surface area contributed by atoms with Gasteiger partial charge in [0.15, 0.2) is 0 Å². The maximum atomic E-state index is 4.59. The van der Waals surface area contributed by atoms with Crippen LogP contribution in [-0.4, -0.2) is 49.0 Å². The molecule has 0 spiro atoms. The summed E-state index contributed by atoms with van der Waals surface area (Å²) in [7, 11) is 0. The summed E-state index contributed by atoms with van der Waals surface area (Å²) in [6.45, 7) is 11.8. The Balaban J connectivity index is 2.65. The van der Waals surface area contributed by atoms with E-state index in [9.17, 15) is 0 Å². The second-order valence-corrected chi connectivity index (χ2v) is 5.53. The van der Waals surface area contributed by atoms with E-state index < -0.39 is 0 Å². The minimum atomic E-state index is 0.864. The van der Waals surface area contributed by atoms with E-state index in [-0.39, 0.29) is 0 Å². The molecule has 1 aliphatic rings. The van der Waals surface area contributed by atoms with Crippen molar-refractivity contribution in [3.63, 3.8) is 0 Å². The van der Waals surface area contributed by atoms with Crippen LogP contribution in [0.15, 0.2) is 20.0 Å². The van der Waals surface area contributed by atoms with Crippen LogP contribution in [0.25, 0.3) is 0 Å². The largest absolute Gasteiger partial charge is 0.294 e. The van der Waals surface area contributed by atoms with Gasteiger partial charge in [-0.3, -0.25) is 20.0 Å². The molecule has 112 valence electrons. The molecular formula is C16H28N4. The molecule has 0 saturated heterocycles. The number of aliphatic imine (C=N–C) groups is 4. The van der Waals surface area contributed by atoms with E-state index in [2.05, 4.69) is 47.7 Å². The Morgan fingerprint density at radius 2 is 0.750 bits per heavy atom. The number of hydrogen-bond donors (Lipinski definition) is 0. The summed E-state index contributed by atoms with van der Waals surface area (Å²) >= 11 is 0. The summed E-state index contributed by atoms with van der Waals surface area (Å²) in [5.74, 6) is 0. The van der Waals surface area contributed by atoms with E-state index >= 15 is 0 Å². The molecule has 4 heteroatoms. The summed E-state index contributed by atoms with van der Waals surface area (Å²) in [5.41, 5.74) is 4.70. The van der Waals surface area contributed by atoms with Crippen LogP contribution in [0.5, 0.6) is 0 Å². The molecule has 0 fully saturated rings.